The molecule has 2 N–H and O–H groups in total. The molecule has 0 radical (unpaired) electrons. The normalized spacial score (nSPS) is 24.6. The van der Waals surface area contributed by atoms with Crippen molar-refractivity contribution in [2.24, 2.45) is 0 Å². The van der Waals surface area contributed by atoms with E-state index in [1.807, 2.05) is 5.32 Å². The molecule has 1 saturated carbocycles. The van der Waals surface area contributed by atoms with Crippen LogP contribution in [0.15, 0.2) is 0 Å². The van der Waals surface area contributed by atoms with Crippen LogP contribution in [0.25, 0.3) is 0 Å². The van der Waals surface area contributed by atoms with Gasteiger partial charge in [-0.05, 0) is 12.8 Å². The van der Waals surface area contributed by atoms with Crippen LogP contribution in [-0.2, 0) is 14.3 Å². The molecule has 8 heteroatoms. The zero-order chi connectivity index (χ0) is 13.8. The summed E-state index contributed by atoms with van der Waals surface area (Å²) in [5.74, 6) is -3.21. The number of carboxylic acids is 1. The number of carbonyl (C=O) groups excluding carboxylic acids is 1. The van der Waals surface area contributed by atoms with Crippen molar-refractivity contribution in [3.63, 3.8) is 0 Å². The zero-order valence-electron chi connectivity index (χ0n) is 9.50. The summed E-state index contributed by atoms with van der Waals surface area (Å²) < 4.78 is 41.3. The number of ether oxygens (including phenoxy) is 1. The van der Waals surface area contributed by atoms with E-state index in [-0.39, 0.29) is 0 Å². The first-order chi connectivity index (χ1) is 8.30. The summed E-state index contributed by atoms with van der Waals surface area (Å²) in [4.78, 5) is 21.1. The van der Waals surface area contributed by atoms with Gasteiger partial charge in [-0.15, -0.1) is 0 Å². The molecule has 5 nitrogen and oxygen atoms in total. The Morgan fingerprint density at radius 1 is 1.28 bits per heavy atom. The zero-order valence-corrected chi connectivity index (χ0v) is 9.50. The molecular formula is C10H14F3NO4. The lowest BCUT2D eigenvalue weighted by atomic mass is 9.92. The van der Waals surface area contributed by atoms with Gasteiger partial charge in [0.2, 0.25) is 0 Å². The van der Waals surface area contributed by atoms with Gasteiger partial charge in [0.05, 0.1) is 12.1 Å². The van der Waals surface area contributed by atoms with Crippen molar-refractivity contribution in [2.45, 2.75) is 44.0 Å². The maximum atomic E-state index is 12.1. The highest BCUT2D eigenvalue weighted by molar-refractivity contribution is 5.82. The predicted octanol–water partition coefficient (Wildman–Crippen LogP) is 1.08. The van der Waals surface area contributed by atoms with E-state index in [1.165, 1.54) is 0 Å². The molecule has 2 atom stereocenters. The number of carbonyl (C=O) groups is 2. The van der Waals surface area contributed by atoms with Crippen molar-refractivity contribution in [1.29, 1.82) is 0 Å². The van der Waals surface area contributed by atoms with Crippen LogP contribution in [0.2, 0.25) is 0 Å². The molecule has 1 fully saturated rings. The fourth-order valence-electron chi connectivity index (χ4n) is 1.89. The highest BCUT2D eigenvalue weighted by Crippen LogP contribution is 2.23. The summed E-state index contributed by atoms with van der Waals surface area (Å²) in [6, 6.07) is -0.785. The van der Waals surface area contributed by atoms with Crippen molar-refractivity contribution in [2.75, 3.05) is 6.61 Å². The Labute approximate surface area is 101 Å². The molecule has 0 saturated heterocycles. The summed E-state index contributed by atoms with van der Waals surface area (Å²) in [6.45, 7) is -0.580. The molecule has 0 bridgehead atoms. The number of alkyl halides is 3. The second kappa shape index (κ2) is 6.03. The van der Waals surface area contributed by atoms with E-state index < -0.39 is 36.8 Å². The number of carboxylic acid groups (broad SMARTS) is 1. The second-order valence-corrected chi connectivity index (χ2v) is 4.11. The lowest BCUT2D eigenvalue weighted by Crippen LogP contribution is -2.50. The van der Waals surface area contributed by atoms with Gasteiger partial charge in [0, 0.05) is 0 Å². The number of aliphatic carboxylic acids is 1. The summed E-state index contributed by atoms with van der Waals surface area (Å²) in [7, 11) is 0. The fourth-order valence-corrected chi connectivity index (χ4v) is 1.89. The first-order valence-electron chi connectivity index (χ1n) is 5.52. The second-order valence-electron chi connectivity index (χ2n) is 4.11. The maximum Gasteiger partial charge on any atom is 0.471 e. The smallest absolute Gasteiger partial charge is 0.471 e. The Balaban J connectivity index is 2.54. The van der Waals surface area contributed by atoms with Crippen molar-refractivity contribution < 1.29 is 32.6 Å². The number of hydrogen-bond donors (Lipinski definition) is 2. The fraction of sp³-hybridized carbons (Fsp3) is 0.800. The molecule has 18 heavy (non-hydrogen) atoms. The van der Waals surface area contributed by atoms with Gasteiger partial charge in [-0.1, -0.05) is 12.8 Å². The standard InChI is InChI=1S/C10H14F3NO4/c11-10(12,13)9(17)14-6-3-1-2-4-7(6)18-5-8(15)16/h6-7H,1-5H2,(H,14,17)(H,15,16)/t6-,7-/m0/s1. The number of hydrogen-bond acceptors (Lipinski definition) is 3. The molecule has 1 rings (SSSR count). The molecule has 0 heterocycles. The van der Waals surface area contributed by atoms with Crippen LogP contribution in [-0.4, -0.2) is 41.9 Å². The summed E-state index contributed by atoms with van der Waals surface area (Å²) in [5.41, 5.74) is 0. The molecule has 104 valence electrons. The van der Waals surface area contributed by atoms with Crippen LogP contribution in [0, 0.1) is 0 Å². The van der Waals surface area contributed by atoms with Gasteiger partial charge in [0.1, 0.15) is 6.61 Å². The van der Waals surface area contributed by atoms with Crippen LogP contribution >= 0.6 is 0 Å². The highest BCUT2D eigenvalue weighted by atomic mass is 19.4. The molecule has 1 aliphatic carbocycles. The van der Waals surface area contributed by atoms with E-state index in [0.717, 1.165) is 6.42 Å². The van der Waals surface area contributed by atoms with Gasteiger partial charge in [-0.25, -0.2) is 4.79 Å². The van der Waals surface area contributed by atoms with Crippen molar-refractivity contribution in [3.05, 3.63) is 0 Å². The first kappa shape index (κ1) is 14.7. The van der Waals surface area contributed by atoms with Crippen LogP contribution in [0.5, 0.6) is 0 Å². The van der Waals surface area contributed by atoms with Gasteiger partial charge in [0.15, 0.2) is 0 Å². The third-order valence-electron chi connectivity index (χ3n) is 2.70. The van der Waals surface area contributed by atoms with Gasteiger partial charge >= 0.3 is 18.1 Å². The van der Waals surface area contributed by atoms with E-state index in [0.29, 0.717) is 19.3 Å². The number of halogens is 3. The van der Waals surface area contributed by atoms with E-state index in [9.17, 15) is 22.8 Å². The molecule has 1 amide bonds. The maximum absolute atomic E-state index is 12.1. The average molecular weight is 269 g/mol. The molecular weight excluding hydrogens is 255 g/mol. The van der Waals surface area contributed by atoms with E-state index in [2.05, 4.69) is 0 Å². The van der Waals surface area contributed by atoms with Crippen molar-refractivity contribution in [3.8, 4) is 0 Å². The van der Waals surface area contributed by atoms with Crippen LogP contribution < -0.4 is 5.32 Å². The third kappa shape index (κ3) is 4.52. The molecule has 0 aromatic carbocycles. The minimum atomic E-state index is -4.94. The molecule has 0 aromatic heterocycles. The minimum Gasteiger partial charge on any atom is -0.480 e. The van der Waals surface area contributed by atoms with Crippen molar-refractivity contribution >= 4 is 11.9 Å². The molecule has 0 spiro atoms. The first-order valence-corrected chi connectivity index (χ1v) is 5.52. The highest BCUT2D eigenvalue weighted by Gasteiger charge is 2.41. The molecule has 0 unspecified atom stereocenters. The minimum absolute atomic E-state index is 0.353. The van der Waals surface area contributed by atoms with Gasteiger partial charge in [0.25, 0.3) is 0 Å². The predicted molar refractivity (Wildman–Crippen MR) is 53.8 cm³/mol. The van der Waals surface area contributed by atoms with E-state index in [1.54, 1.807) is 0 Å². The third-order valence-corrected chi connectivity index (χ3v) is 2.70. The SMILES string of the molecule is O=C(O)CO[C@H]1CCCC[C@@H]1NC(=O)C(F)(F)F. The van der Waals surface area contributed by atoms with Gasteiger partial charge < -0.3 is 15.2 Å². The molecule has 1 aliphatic rings. The molecule has 0 aromatic rings. The Morgan fingerprint density at radius 2 is 1.89 bits per heavy atom. The molecule has 0 aliphatic heterocycles. The largest absolute Gasteiger partial charge is 0.480 e. The Kier molecular flexibility index (Phi) is 4.94. The summed E-state index contributed by atoms with van der Waals surface area (Å²) in [6.07, 6.45) is -3.41. The number of nitrogens with one attached hydrogen (secondary N) is 1. The topological polar surface area (TPSA) is 75.6 Å². The Bertz CT molecular complexity index is 319. The van der Waals surface area contributed by atoms with Crippen LogP contribution in [0.3, 0.4) is 0 Å². The quantitative estimate of drug-likeness (QED) is 0.800. The van der Waals surface area contributed by atoms with Gasteiger partial charge in [-0.2, -0.15) is 13.2 Å². The van der Waals surface area contributed by atoms with Crippen LogP contribution in [0.4, 0.5) is 13.2 Å². The number of rotatable bonds is 4. The van der Waals surface area contributed by atoms with Crippen molar-refractivity contribution in [1.82, 2.24) is 5.32 Å². The van der Waals surface area contributed by atoms with Crippen LogP contribution in [0.1, 0.15) is 25.7 Å². The average Bonchev–Trinajstić information content (AvgIpc) is 2.26. The lowest BCUT2D eigenvalue weighted by Gasteiger charge is -2.31. The number of amides is 1. The van der Waals surface area contributed by atoms with E-state index in [4.69, 9.17) is 9.84 Å². The Morgan fingerprint density at radius 3 is 2.44 bits per heavy atom. The Hall–Kier alpha value is -1.31. The summed E-state index contributed by atoms with van der Waals surface area (Å²) >= 11 is 0. The van der Waals surface area contributed by atoms with Gasteiger partial charge in [-0.3, -0.25) is 4.79 Å². The monoisotopic (exact) mass is 269 g/mol. The lowest BCUT2D eigenvalue weighted by molar-refractivity contribution is -0.176. The van der Waals surface area contributed by atoms with E-state index >= 15 is 0 Å². The summed E-state index contributed by atoms with van der Waals surface area (Å²) in [5, 5.41) is 10.3.